The zero-order valence-corrected chi connectivity index (χ0v) is 12.3. The number of rotatable bonds is 2. The first-order valence-electron chi connectivity index (χ1n) is 6.67. The molecule has 0 aliphatic carbocycles. The molecule has 0 unspecified atom stereocenters. The number of Topliss-reactive ketones (excluding diaryl/α,β-unsaturated/α-hetero) is 1. The largest absolute Gasteiger partial charge is 0.450 e. The first kappa shape index (κ1) is 14.1. The van der Waals surface area contributed by atoms with E-state index in [4.69, 9.17) is 8.83 Å². The number of carbonyl (C=O) groups is 2. The van der Waals surface area contributed by atoms with Crippen molar-refractivity contribution in [2.45, 2.75) is 20.8 Å². The molecule has 6 nitrogen and oxygen atoms in total. The van der Waals surface area contributed by atoms with Gasteiger partial charge in [-0.2, -0.15) is 0 Å². The summed E-state index contributed by atoms with van der Waals surface area (Å²) in [7, 11) is 0. The zero-order valence-electron chi connectivity index (χ0n) is 12.3. The van der Waals surface area contributed by atoms with E-state index in [0.717, 1.165) is 5.56 Å². The summed E-state index contributed by atoms with van der Waals surface area (Å²) in [5.74, 6) is -0.861. The fraction of sp³-hybridized carbons (Fsp3) is 0.188. The zero-order chi connectivity index (χ0) is 16.0. The molecule has 0 atom stereocenters. The number of aryl methyl sites for hydroxylation is 1. The van der Waals surface area contributed by atoms with Crippen molar-refractivity contribution in [3.05, 3.63) is 39.9 Å². The first-order chi connectivity index (χ1) is 10.4. The molecule has 6 heteroatoms. The van der Waals surface area contributed by atoms with E-state index in [9.17, 15) is 14.4 Å². The van der Waals surface area contributed by atoms with Crippen LogP contribution in [0.2, 0.25) is 0 Å². The average Bonchev–Trinajstić information content (AvgIpc) is 2.80. The van der Waals surface area contributed by atoms with Gasteiger partial charge in [-0.05, 0) is 18.6 Å². The van der Waals surface area contributed by atoms with Gasteiger partial charge in [0, 0.05) is 13.8 Å². The predicted octanol–water partition coefficient (Wildman–Crippen LogP) is 3.01. The lowest BCUT2D eigenvalue weighted by molar-refractivity contribution is -0.114. The summed E-state index contributed by atoms with van der Waals surface area (Å²) in [6.45, 7) is 4.40. The summed E-state index contributed by atoms with van der Waals surface area (Å²) in [6.07, 6.45) is 0. The Morgan fingerprint density at radius 2 is 1.82 bits per heavy atom. The van der Waals surface area contributed by atoms with Gasteiger partial charge in [0.05, 0.1) is 5.39 Å². The molecule has 0 aliphatic rings. The number of para-hydroxylation sites is 1. The van der Waals surface area contributed by atoms with E-state index in [1.165, 1.54) is 13.8 Å². The van der Waals surface area contributed by atoms with Crippen molar-refractivity contribution >= 4 is 39.3 Å². The van der Waals surface area contributed by atoms with Gasteiger partial charge in [0.1, 0.15) is 16.7 Å². The fourth-order valence-electron chi connectivity index (χ4n) is 2.47. The Hall–Kier alpha value is -2.89. The highest BCUT2D eigenvalue weighted by Gasteiger charge is 2.24. The Labute approximate surface area is 124 Å². The summed E-state index contributed by atoms with van der Waals surface area (Å²) in [6, 6.07) is 5.34. The number of amides is 1. The van der Waals surface area contributed by atoms with Crippen molar-refractivity contribution in [3.8, 4) is 0 Å². The summed E-state index contributed by atoms with van der Waals surface area (Å²) in [4.78, 5) is 35.4. The lowest BCUT2D eigenvalue weighted by atomic mass is 10.1. The molecular weight excluding hydrogens is 286 g/mol. The molecule has 1 N–H and O–H groups in total. The van der Waals surface area contributed by atoms with Crippen LogP contribution in [0.15, 0.2) is 31.8 Å². The van der Waals surface area contributed by atoms with Gasteiger partial charge in [-0.15, -0.1) is 0 Å². The van der Waals surface area contributed by atoms with Crippen LogP contribution in [0.4, 0.5) is 5.69 Å². The standard InChI is InChI=1S/C16H13NO5/c1-7-5-4-6-10-13(7)22-16(20)11-12(17-9(3)19)14(8(2)18)21-15(10)11/h4-6H,1-3H3,(H,17,19). The van der Waals surface area contributed by atoms with Crippen molar-refractivity contribution in [3.63, 3.8) is 0 Å². The molecule has 1 amide bonds. The Morgan fingerprint density at radius 1 is 1.09 bits per heavy atom. The lowest BCUT2D eigenvalue weighted by Crippen LogP contribution is -2.11. The highest BCUT2D eigenvalue weighted by molar-refractivity contribution is 6.15. The van der Waals surface area contributed by atoms with Gasteiger partial charge in [0.2, 0.25) is 5.91 Å². The molecule has 0 saturated carbocycles. The Kier molecular flexibility index (Phi) is 3.09. The van der Waals surface area contributed by atoms with Gasteiger partial charge in [-0.3, -0.25) is 9.59 Å². The van der Waals surface area contributed by atoms with Crippen LogP contribution in [0, 0.1) is 6.92 Å². The van der Waals surface area contributed by atoms with E-state index in [-0.39, 0.29) is 28.2 Å². The second kappa shape index (κ2) is 4.84. The van der Waals surface area contributed by atoms with Crippen LogP contribution in [0.3, 0.4) is 0 Å². The summed E-state index contributed by atoms with van der Waals surface area (Å²) < 4.78 is 10.9. The molecule has 112 valence electrons. The Bertz CT molecular complexity index is 993. The maximum absolute atomic E-state index is 12.3. The molecule has 0 radical (unpaired) electrons. The Balaban J connectivity index is 2.54. The molecule has 0 saturated heterocycles. The number of nitrogens with one attached hydrogen (secondary N) is 1. The number of hydrogen-bond acceptors (Lipinski definition) is 5. The van der Waals surface area contributed by atoms with Crippen molar-refractivity contribution < 1.29 is 18.4 Å². The summed E-state index contributed by atoms with van der Waals surface area (Å²) in [5.41, 5.74) is 0.824. The second-order valence-corrected chi connectivity index (χ2v) is 5.09. The van der Waals surface area contributed by atoms with Gasteiger partial charge in [-0.1, -0.05) is 12.1 Å². The third-order valence-corrected chi connectivity index (χ3v) is 3.38. The molecule has 0 aliphatic heterocycles. The quantitative estimate of drug-likeness (QED) is 0.580. The van der Waals surface area contributed by atoms with Gasteiger partial charge in [0.25, 0.3) is 0 Å². The van der Waals surface area contributed by atoms with Crippen molar-refractivity contribution in [1.29, 1.82) is 0 Å². The molecule has 0 bridgehead atoms. The Morgan fingerprint density at radius 3 is 2.45 bits per heavy atom. The number of anilines is 1. The number of fused-ring (bicyclic) bond motifs is 3. The summed E-state index contributed by atoms with van der Waals surface area (Å²) >= 11 is 0. The van der Waals surface area contributed by atoms with Crippen molar-refractivity contribution in [2.24, 2.45) is 0 Å². The van der Waals surface area contributed by atoms with Crippen LogP contribution < -0.4 is 10.9 Å². The molecular formula is C16H13NO5. The van der Waals surface area contributed by atoms with Crippen LogP contribution in [-0.2, 0) is 4.79 Å². The van der Waals surface area contributed by atoms with Crippen LogP contribution in [0.5, 0.6) is 0 Å². The van der Waals surface area contributed by atoms with Crippen LogP contribution in [0.1, 0.15) is 30.0 Å². The first-order valence-corrected chi connectivity index (χ1v) is 6.67. The minimum Gasteiger partial charge on any atom is -0.450 e. The molecule has 0 spiro atoms. The van der Waals surface area contributed by atoms with Gasteiger partial charge >= 0.3 is 5.63 Å². The molecule has 0 fully saturated rings. The summed E-state index contributed by atoms with van der Waals surface area (Å²) in [5, 5.41) is 3.13. The van der Waals surface area contributed by atoms with Gasteiger partial charge < -0.3 is 14.2 Å². The van der Waals surface area contributed by atoms with E-state index in [0.29, 0.717) is 11.0 Å². The van der Waals surface area contributed by atoms with Crippen molar-refractivity contribution in [2.75, 3.05) is 5.32 Å². The molecule has 2 heterocycles. The number of ketones is 1. The smallest absolute Gasteiger partial charge is 0.349 e. The maximum Gasteiger partial charge on any atom is 0.349 e. The van der Waals surface area contributed by atoms with Crippen LogP contribution in [-0.4, -0.2) is 11.7 Å². The number of hydrogen-bond donors (Lipinski definition) is 1. The van der Waals surface area contributed by atoms with Crippen molar-refractivity contribution in [1.82, 2.24) is 0 Å². The predicted molar refractivity (Wildman–Crippen MR) is 81.3 cm³/mol. The van der Waals surface area contributed by atoms with E-state index in [2.05, 4.69) is 5.32 Å². The lowest BCUT2D eigenvalue weighted by Gasteiger charge is -2.01. The fourth-order valence-corrected chi connectivity index (χ4v) is 2.47. The average molecular weight is 299 g/mol. The van der Waals surface area contributed by atoms with E-state index in [1.54, 1.807) is 25.1 Å². The van der Waals surface area contributed by atoms with E-state index >= 15 is 0 Å². The minimum absolute atomic E-state index is 0.0622. The monoisotopic (exact) mass is 299 g/mol. The topological polar surface area (TPSA) is 89.5 Å². The maximum atomic E-state index is 12.3. The normalized spacial score (nSPS) is 11.0. The molecule has 3 rings (SSSR count). The van der Waals surface area contributed by atoms with E-state index in [1.807, 2.05) is 0 Å². The van der Waals surface area contributed by atoms with Crippen LogP contribution in [0.25, 0.3) is 21.9 Å². The van der Waals surface area contributed by atoms with Gasteiger partial charge in [-0.25, -0.2) is 4.79 Å². The highest BCUT2D eigenvalue weighted by atomic mass is 16.4. The second-order valence-electron chi connectivity index (χ2n) is 5.09. The molecule has 2 aromatic heterocycles. The highest BCUT2D eigenvalue weighted by Crippen LogP contribution is 2.34. The third-order valence-electron chi connectivity index (χ3n) is 3.38. The number of carbonyl (C=O) groups excluding carboxylic acids is 2. The third kappa shape index (κ3) is 2.00. The van der Waals surface area contributed by atoms with Crippen LogP contribution >= 0.6 is 0 Å². The SMILES string of the molecule is CC(=O)Nc1c(C(C)=O)oc2c1c(=O)oc1c(C)cccc12. The molecule has 1 aromatic carbocycles. The molecule has 3 aromatic rings. The van der Waals surface area contributed by atoms with Gasteiger partial charge in [0.15, 0.2) is 17.1 Å². The number of furan rings is 1. The minimum atomic E-state index is -0.656. The number of benzene rings is 1. The van der Waals surface area contributed by atoms with E-state index < -0.39 is 11.5 Å². The molecule has 22 heavy (non-hydrogen) atoms.